The molecule has 1 atom stereocenters. The van der Waals surface area contributed by atoms with Crippen molar-refractivity contribution in [1.82, 2.24) is 9.80 Å². The van der Waals surface area contributed by atoms with Crippen molar-refractivity contribution in [3.63, 3.8) is 0 Å². The van der Waals surface area contributed by atoms with Crippen LogP contribution >= 0.6 is 0 Å². The summed E-state index contributed by atoms with van der Waals surface area (Å²) in [6.45, 7) is 6.58. The molecule has 122 valence electrons. The lowest BCUT2D eigenvalue weighted by Gasteiger charge is -2.24. The molecule has 2 aliphatic heterocycles. The third kappa shape index (κ3) is 5.93. The van der Waals surface area contributed by atoms with Crippen LogP contribution in [0.1, 0.15) is 44.9 Å². The van der Waals surface area contributed by atoms with E-state index in [1.165, 1.54) is 12.8 Å². The van der Waals surface area contributed by atoms with E-state index in [0.717, 1.165) is 71.6 Å². The van der Waals surface area contributed by atoms with Crippen molar-refractivity contribution in [1.29, 1.82) is 0 Å². The average molecular weight is 297 g/mol. The normalized spacial score (nSPS) is 24.2. The maximum atomic E-state index is 12.2. The molecule has 2 saturated heterocycles. The predicted molar refractivity (Wildman–Crippen MR) is 84.1 cm³/mol. The van der Waals surface area contributed by atoms with Crippen LogP contribution in [-0.2, 0) is 9.53 Å². The minimum Gasteiger partial charge on any atom is -0.377 e. The summed E-state index contributed by atoms with van der Waals surface area (Å²) < 4.78 is 5.71. The van der Waals surface area contributed by atoms with Gasteiger partial charge < -0.3 is 15.4 Å². The van der Waals surface area contributed by atoms with Crippen LogP contribution in [0.15, 0.2) is 0 Å². The number of rotatable bonds is 7. The Kier molecular flexibility index (Phi) is 7.47. The average Bonchev–Trinajstić information content (AvgIpc) is 2.88. The molecule has 2 fully saturated rings. The first-order chi connectivity index (χ1) is 10.3. The van der Waals surface area contributed by atoms with E-state index in [1.54, 1.807) is 0 Å². The molecule has 2 rings (SSSR count). The van der Waals surface area contributed by atoms with E-state index in [0.29, 0.717) is 18.4 Å². The standard InChI is InChI=1S/C16H31N3O2/c17-8-3-1-2-7-16(20)19-10-5-9-18(11-12-19)14-15-6-4-13-21-15/h15H,1-14,17H2. The quantitative estimate of drug-likeness (QED) is 0.718. The first kappa shape index (κ1) is 16.7. The summed E-state index contributed by atoms with van der Waals surface area (Å²) in [7, 11) is 0. The summed E-state index contributed by atoms with van der Waals surface area (Å²) in [6, 6.07) is 0. The Morgan fingerprint density at radius 3 is 2.76 bits per heavy atom. The van der Waals surface area contributed by atoms with Gasteiger partial charge in [0.25, 0.3) is 0 Å². The lowest BCUT2D eigenvalue weighted by Crippen LogP contribution is -2.37. The van der Waals surface area contributed by atoms with Gasteiger partial charge in [0.1, 0.15) is 0 Å². The number of nitrogens with two attached hydrogens (primary N) is 1. The molecule has 1 amide bonds. The summed E-state index contributed by atoms with van der Waals surface area (Å²) in [6.07, 6.45) is 7.66. The lowest BCUT2D eigenvalue weighted by atomic mass is 10.2. The van der Waals surface area contributed by atoms with E-state index < -0.39 is 0 Å². The Labute approximate surface area is 128 Å². The molecule has 0 aromatic carbocycles. The molecule has 2 aliphatic rings. The molecule has 2 N–H and O–H groups in total. The van der Waals surface area contributed by atoms with Gasteiger partial charge in [0, 0.05) is 39.2 Å². The zero-order valence-corrected chi connectivity index (χ0v) is 13.3. The van der Waals surface area contributed by atoms with Crippen LogP contribution < -0.4 is 5.73 Å². The summed E-state index contributed by atoms with van der Waals surface area (Å²) in [5.74, 6) is 0.325. The summed E-state index contributed by atoms with van der Waals surface area (Å²) >= 11 is 0. The van der Waals surface area contributed by atoms with Gasteiger partial charge in [-0.3, -0.25) is 9.69 Å². The van der Waals surface area contributed by atoms with Gasteiger partial charge in [0.15, 0.2) is 0 Å². The molecule has 21 heavy (non-hydrogen) atoms. The van der Waals surface area contributed by atoms with E-state index in [-0.39, 0.29) is 0 Å². The van der Waals surface area contributed by atoms with Crippen LogP contribution in [0.2, 0.25) is 0 Å². The van der Waals surface area contributed by atoms with Gasteiger partial charge in [-0.15, -0.1) is 0 Å². The minimum absolute atomic E-state index is 0.325. The van der Waals surface area contributed by atoms with Crippen LogP contribution in [0.3, 0.4) is 0 Å². The molecule has 0 spiro atoms. The number of amides is 1. The van der Waals surface area contributed by atoms with Crippen molar-refractivity contribution in [2.24, 2.45) is 5.73 Å². The molecular weight excluding hydrogens is 266 g/mol. The van der Waals surface area contributed by atoms with Gasteiger partial charge >= 0.3 is 0 Å². The van der Waals surface area contributed by atoms with E-state index in [2.05, 4.69) is 9.80 Å². The molecule has 5 nitrogen and oxygen atoms in total. The van der Waals surface area contributed by atoms with E-state index in [1.807, 2.05) is 0 Å². The monoisotopic (exact) mass is 297 g/mol. The molecular formula is C16H31N3O2. The number of carbonyl (C=O) groups excluding carboxylic acids is 1. The number of unbranched alkanes of at least 4 members (excludes halogenated alkanes) is 2. The molecule has 5 heteroatoms. The van der Waals surface area contributed by atoms with Gasteiger partial charge in [0.2, 0.25) is 5.91 Å². The molecule has 0 aromatic rings. The number of ether oxygens (including phenoxy) is 1. The molecule has 0 saturated carbocycles. The highest BCUT2D eigenvalue weighted by Crippen LogP contribution is 2.15. The maximum Gasteiger partial charge on any atom is 0.222 e. The Bertz CT molecular complexity index is 306. The van der Waals surface area contributed by atoms with Gasteiger partial charge in [-0.05, 0) is 45.2 Å². The van der Waals surface area contributed by atoms with Crippen molar-refractivity contribution in [3.8, 4) is 0 Å². The summed E-state index contributed by atoms with van der Waals surface area (Å²) in [5, 5.41) is 0. The fourth-order valence-corrected chi connectivity index (χ4v) is 3.23. The first-order valence-electron chi connectivity index (χ1n) is 8.61. The van der Waals surface area contributed by atoms with Gasteiger partial charge in [-0.1, -0.05) is 6.42 Å². The summed E-state index contributed by atoms with van der Waals surface area (Å²) in [5.41, 5.74) is 5.48. The van der Waals surface area contributed by atoms with Crippen molar-refractivity contribution in [2.45, 2.75) is 51.0 Å². The highest BCUT2D eigenvalue weighted by molar-refractivity contribution is 5.76. The van der Waals surface area contributed by atoms with Crippen molar-refractivity contribution in [2.75, 3.05) is 45.9 Å². The topological polar surface area (TPSA) is 58.8 Å². The molecule has 0 bridgehead atoms. The minimum atomic E-state index is 0.325. The number of hydrogen-bond acceptors (Lipinski definition) is 4. The van der Waals surface area contributed by atoms with Crippen LogP contribution in [0, 0.1) is 0 Å². The third-order valence-electron chi connectivity index (χ3n) is 4.52. The Morgan fingerprint density at radius 2 is 2.00 bits per heavy atom. The van der Waals surface area contributed by atoms with E-state index in [4.69, 9.17) is 10.5 Å². The highest BCUT2D eigenvalue weighted by Gasteiger charge is 2.22. The number of carbonyl (C=O) groups is 1. The van der Waals surface area contributed by atoms with Gasteiger partial charge in [-0.2, -0.15) is 0 Å². The zero-order chi connectivity index (χ0) is 14.9. The second-order valence-electron chi connectivity index (χ2n) is 6.27. The van der Waals surface area contributed by atoms with Crippen LogP contribution in [-0.4, -0.2) is 67.7 Å². The van der Waals surface area contributed by atoms with Crippen LogP contribution in [0.4, 0.5) is 0 Å². The van der Waals surface area contributed by atoms with Crippen molar-refractivity contribution >= 4 is 5.91 Å². The smallest absolute Gasteiger partial charge is 0.222 e. The first-order valence-corrected chi connectivity index (χ1v) is 8.61. The zero-order valence-electron chi connectivity index (χ0n) is 13.3. The number of hydrogen-bond donors (Lipinski definition) is 1. The van der Waals surface area contributed by atoms with E-state index in [9.17, 15) is 4.79 Å². The molecule has 0 aromatic heterocycles. The second-order valence-corrected chi connectivity index (χ2v) is 6.27. The maximum absolute atomic E-state index is 12.2. The molecule has 1 unspecified atom stereocenters. The fraction of sp³-hybridized carbons (Fsp3) is 0.938. The molecule has 2 heterocycles. The summed E-state index contributed by atoms with van der Waals surface area (Å²) in [4.78, 5) is 16.7. The largest absolute Gasteiger partial charge is 0.377 e. The second kappa shape index (κ2) is 9.38. The predicted octanol–water partition coefficient (Wildman–Crippen LogP) is 1.22. The Morgan fingerprint density at radius 1 is 1.10 bits per heavy atom. The van der Waals surface area contributed by atoms with Gasteiger partial charge in [-0.25, -0.2) is 0 Å². The third-order valence-corrected chi connectivity index (χ3v) is 4.52. The molecule has 0 aliphatic carbocycles. The lowest BCUT2D eigenvalue weighted by molar-refractivity contribution is -0.131. The van der Waals surface area contributed by atoms with E-state index >= 15 is 0 Å². The van der Waals surface area contributed by atoms with Crippen molar-refractivity contribution < 1.29 is 9.53 Å². The number of nitrogens with zero attached hydrogens (tertiary/aromatic N) is 2. The highest BCUT2D eigenvalue weighted by atomic mass is 16.5. The molecule has 0 radical (unpaired) electrons. The van der Waals surface area contributed by atoms with Crippen LogP contribution in [0.5, 0.6) is 0 Å². The SMILES string of the molecule is NCCCCCC(=O)N1CCCN(CC2CCCO2)CC1. The van der Waals surface area contributed by atoms with Gasteiger partial charge in [0.05, 0.1) is 6.10 Å². The van der Waals surface area contributed by atoms with Crippen molar-refractivity contribution in [3.05, 3.63) is 0 Å². The van der Waals surface area contributed by atoms with Crippen LogP contribution in [0.25, 0.3) is 0 Å². The Balaban J connectivity index is 1.66. The Hall–Kier alpha value is -0.650. The fourth-order valence-electron chi connectivity index (χ4n) is 3.23.